The average molecular weight is 472 g/mol. The zero-order chi connectivity index (χ0) is 24.5. The van der Waals surface area contributed by atoms with Gasteiger partial charge in [0.1, 0.15) is 11.5 Å². The Bertz CT molecular complexity index is 1480. The van der Waals surface area contributed by atoms with Crippen LogP contribution in [0.3, 0.4) is 0 Å². The van der Waals surface area contributed by atoms with Gasteiger partial charge < -0.3 is 4.90 Å². The predicted octanol–water partition coefficient (Wildman–Crippen LogP) is 2.08. The van der Waals surface area contributed by atoms with Crippen LogP contribution in [-0.4, -0.2) is 45.2 Å². The standard InChI is InChI=1S/C26H25N5O4/c1-15(2)14-31-24(34)26(23(33)28-25(31)35)13-18-21(27-19-9-5-6-11-29(19)22(18)32)30-12-10-16-7-3-4-8-17(16)20(26)30/h3-9,11,15,20H,10,12-14H2,1-2H3,(H,28,33,35). The van der Waals surface area contributed by atoms with E-state index in [4.69, 9.17) is 4.98 Å². The maximum atomic E-state index is 14.2. The highest BCUT2D eigenvalue weighted by Crippen LogP contribution is 2.52. The number of carbonyl (C=O) groups excluding carboxylic acids is 3. The van der Waals surface area contributed by atoms with Crippen molar-refractivity contribution in [1.82, 2.24) is 19.6 Å². The third-order valence-corrected chi connectivity index (χ3v) is 7.33. The van der Waals surface area contributed by atoms with Crippen molar-refractivity contribution in [3.63, 3.8) is 0 Å². The van der Waals surface area contributed by atoms with Crippen LogP contribution in [0, 0.1) is 11.3 Å². The van der Waals surface area contributed by atoms with E-state index in [2.05, 4.69) is 5.32 Å². The Labute approximate surface area is 201 Å². The molecule has 5 heterocycles. The van der Waals surface area contributed by atoms with Crippen LogP contribution >= 0.6 is 0 Å². The molecule has 2 aromatic heterocycles. The highest BCUT2D eigenvalue weighted by Gasteiger charge is 2.64. The molecule has 4 amide bonds. The number of barbiturate groups is 1. The molecule has 0 saturated carbocycles. The van der Waals surface area contributed by atoms with E-state index in [9.17, 15) is 19.2 Å². The van der Waals surface area contributed by atoms with E-state index in [1.807, 2.05) is 49.1 Å². The number of benzene rings is 1. The van der Waals surface area contributed by atoms with Crippen molar-refractivity contribution in [1.29, 1.82) is 0 Å². The van der Waals surface area contributed by atoms with E-state index >= 15 is 0 Å². The lowest BCUT2D eigenvalue weighted by Gasteiger charge is -2.53. The van der Waals surface area contributed by atoms with E-state index in [1.165, 1.54) is 4.40 Å². The van der Waals surface area contributed by atoms with Crippen molar-refractivity contribution in [2.45, 2.75) is 32.7 Å². The molecule has 2 unspecified atom stereocenters. The summed E-state index contributed by atoms with van der Waals surface area (Å²) in [7, 11) is 0. The Hall–Kier alpha value is -4.01. The second-order valence-corrected chi connectivity index (χ2v) is 9.91. The third-order valence-electron chi connectivity index (χ3n) is 7.33. The van der Waals surface area contributed by atoms with Crippen molar-refractivity contribution in [2.24, 2.45) is 11.3 Å². The third kappa shape index (κ3) is 2.90. The van der Waals surface area contributed by atoms with Gasteiger partial charge in [0.25, 0.3) is 5.56 Å². The summed E-state index contributed by atoms with van der Waals surface area (Å²) in [6, 6.07) is 11.7. The number of urea groups is 1. The van der Waals surface area contributed by atoms with Gasteiger partial charge in [0.2, 0.25) is 11.8 Å². The smallest absolute Gasteiger partial charge is 0.330 e. The molecule has 35 heavy (non-hydrogen) atoms. The average Bonchev–Trinajstić information content (AvgIpc) is 2.85. The zero-order valence-electron chi connectivity index (χ0n) is 19.5. The summed E-state index contributed by atoms with van der Waals surface area (Å²) >= 11 is 0. The SMILES string of the molecule is CC(C)CN1C(=O)NC(=O)C2(Cc3c(nc4ccccn4c3=O)N3CCc4ccccc4C32)C1=O. The normalized spacial score (nSPS) is 23.4. The molecule has 3 aliphatic heterocycles. The van der Waals surface area contributed by atoms with Crippen LogP contribution in [0.25, 0.3) is 5.65 Å². The number of rotatable bonds is 2. The fourth-order valence-corrected chi connectivity index (χ4v) is 5.84. The lowest BCUT2D eigenvalue weighted by atomic mass is 9.65. The van der Waals surface area contributed by atoms with Crippen molar-refractivity contribution in [2.75, 3.05) is 18.0 Å². The molecule has 1 spiro atoms. The first kappa shape index (κ1) is 21.5. The van der Waals surface area contributed by atoms with Crippen LogP contribution in [0.1, 0.15) is 36.6 Å². The van der Waals surface area contributed by atoms with Crippen LogP contribution in [0.5, 0.6) is 0 Å². The van der Waals surface area contributed by atoms with Crippen LogP contribution in [-0.2, 0) is 22.4 Å². The highest BCUT2D eigenvalue weighted by molar-refractivity contribution is 6.20. The number of pyridine rings is 1. The summed E-state index contributed by atoms with van der Waals surface area (Å²) in [5.74, 6) is -0.715. The van der Waals surface area contributed by atoms with Gasteiger partial charge in [-0.1, -0.05) is 44.2 Å². The summed E-state index contributed by atoms with van der Waals surface area (Å²) in [5, 5.41) is 2.45. The Morgan fingerprint density at radius 1 is 1.09 bits per heavy atom. The second-order valence-electron chi connectivity index (χ2n) is 9.91. The number of anilines is 1. The topological polar surface area (TPSA) is 104 Å². The molecule has 0 bridgehead atoms. The maximum Gasteiger partial charge on any atom is 0.330 e. The van der Waals surface area contributed by atoms with Crippen LogP contribution in [0.4, 0.5) is 10.6 Å². The zero-order valence-corrected chi connectivity index (χ0v) is 19.5. The summed E-state index contributed by atoms with van der Waals surface area (Å²) < 4.78 is 1.44. The van der Waals surface area contributed by atoms with E-state index in [0.29, 0.717) is 30.0 Å². The fourth-order valence-electron chi connectivity index (χ4n) is 5.84. The number of nitrogens with zero attached hydrogens (tertiary/aromatic N) is 4. The molecular weight excluding hydrogens is 446 g/mol. The van der Waals surface area contributed by atoms with Gasteiger partial charge in [-0.15, -0.1) is 0 Å². The van der Waals surface area contributed by atoms with Gasteiger partial charge in [-0.3, -0.25) is 29.0 Å². The Morgan fingerprint density at radius 3 is 2.66 bits per heavy atom. The molecular formula is C26H25N5O4. The highest BCUT2D eigenvalue weighted by atomic mass is 16.2. The van der Waals surface area contributed by atoms with E-state index in [-0.39, 0.29) is 24.4 Å². The summed E-state index contributed by atoms with van der Waals surface area (Å²) in [5.41, 5.74) is 0.724. The van der Waals surface area contributed by atoms with Gasteiger partial charge in [-0.05, 0) is 35.6 Å². The minimum absolute atomic E-state index is 0.0109. The number of fused-ring (bicyclic) bond motifs is 7. The molecule has 3 aromatic rings. The molecule has 6 rings (SSSR count). The number of hydrogen-bond donors (Lipinski definition) is 1. The molecule has 1 N–H and O–H groups in total. The second kappa shape index (κ2) is 7.49. The van der Waals surface area contributed by atoms with Gasteiger partial charge in [-0.25, -0.2) is 9.78 Å². The van der Waals surface area contributed by atoms with Crippen molar-refractivity contribution in [3.8, 4) is 0 Å². The lowest BCUT2D eigenvalue weighted by molar-refractivity contribution is -0.154. The number of imide groups is 2. The van der Waals surface area contributed by atoms with Crippen LogP contribution in [0.2, 0.25) is 0 Å². The summed E-state index contributed by atoms with van der Waals surface area (Å²) in [6.45, 7) is 4.48. The minimum atomic E-state index is -1.67. The molecule has 1 saturated heterocycles. The molecule has 9 nitrogen and oxygen atoms in total. The fraction of sp³-hybridized carbons (Fsp3) is 0.346. The predicted molar refractivity (Wildman–Crippen MR) is 128 cm³/mol. The molecule has 178 valence electrons. The molecule has 1 aromatic carbocycles. The number of aromatic nitrogens is 2. The molecule has 0 radical (unpaired) electrons. The van der Waals surface area contributed by atoms with Crippen molar-refractivity contribution >= 4 is 29.3 Å². The largest absolute Gasteiger partial charge is 0.347 e. The van der Waals surface area contributed by atoms with Gasteiger partial charge in [0.15, 0.2) is 5.41 Å². The first-order chi connectivity index (χ1) is 16.8. The van der Waals surface area contributed by atoms with Crippen LogP contribution < -0.4 is 15.8 Å². The van der Waals surface area contributed by atoms with E-state index < -0.39 is 29.3 Å². The van der Waals surface area contributed by atoms with Crippen molar-refractivity contribution in [3.05, 3.63) is 75.7 Å². The summed E-state index contributed by atoms with van der Waals surface area (Å²) in [6.07, 6.45) is 2.18. The van der Waals surface area contributed by atoms with Gasteiger partial charge in [0.05, 0.1) is 11.6 Å². The number of nitrogens with one attached hydrogen (secondary N) is 1. The first-order valence-corrected chi connectivity index (χ1v) is 11.8. The number of hydrogen-bond acceptors (Lipinski definition) is 6. The number of carbonyl (C=O) groups is 3. The molecule has 9 heteroatoms. The van der Waals surface area contributed by atoms with Crippen molar-refractivity contribution < 1.29 is 14.4 Å². The quantitative estimate of drug-likeness (QED) is 0.574. The Balaban J connectivity index is 1.65. The lowest BCUT2D eigenvalue weighted by Crippen LogP contribution is -2.70. The minimum Gasteiger partial charge on any atom is -0.347 e. The summed E-state index contributed by atoms with van der Waals surface area (Å²) in [4.78, 5) is 62.2. The number of amides is 4. The van der Waals surface area contributed by atoms with Crippen LogP contribution in [0.15, 0.2) is 53.5 Å². The Morgan fingerprint density at radius 2 is 1.86 bits per heavy atom. The molecule has 1 fully saturated rings. The van der Waals surface area contributed by atoms with E-state index in [0.717, 1.165) is 16.0 Å². The molecule has 3 aliphatic rings. The molecule has 2 atom stereocenters. The van der Waals surface area contributed by atoms with Gasteiger partial charge in [-0.2, -0.15) is 0 Å². The van der Waals surface area contributed by atoms with Gasteiger partial charge in [0, 0.05) is 25.7 Å². The molecule has 0 aliphatic carbocycles. The first-order valence-electron chi connectivity index (χ1n) is 11.8. The Kier molecular flexibility index (Phi) is 4.61. The van der Waals surface area contributed by atoms with E-state index in [1.54, 1.807) is 18.3 Å². The monoisotopic (exact) mass is 471 g/mol. The maximum absolute atomic E-state index is 14.2. The van der Waals surface area contributed by atoms with Gasteiger partial charge >= 0.3 is 6.03 Å².